The van der Waals surface area contributed by atoms with Gasteiger partial charge in [0.05, 0.1) is 18.2 Å². The second-order valence-electron chi connectivity index (χ2n) is 6.00. The first-order chi connectivity index (χ1) is 11.1. The molecule has 0 aromatic carbocycles. The van der Waals surface area contributed by atoms with Crippen LogP contribution in [0.4, 0.5) is 9.59 Å². The molecule has 0 saturated carbocycles. The van der Waals surface area contributed by atoms with Gasteiger partial charge in [-0.1, -0.05) is 27.7 Å². The van der Waals surface area contributed by atoms with Gasteiger partial charge in [0.25, 0.3) is 0 Å². The minimum Gasteiger partial charge on any atom is -0.465 e. The highest BCUT2D eigenvalue weighted by atomic mass is 16.4. The Morgan fingerprint density at radius 1 is 1.00 bits per heavy atom. The Balaban J connectivity index is 5.00. The molecule has 0 aliphatic carbocycles. The number of aldehydes is 1. The van der Waals surface area contributed by atoms with E-state index in [0.29, 0.717) is 0 Å². The highest BCUT2D eigenvalue weighted by Gasteiger charge is 2.27. The molecule has 0 rings (SSSR count). The summed E-state index contributed by atoms with van der Waals surface area (Å²) >= 11 is 0. The largest absolute Gasteiger partial charge is 0.465 e. The quantitative estimate of drug-likeness (QED) is 0.234. The minimum atomic E-state index is -1.49. The number of hydrogen-bond donors (Lipinski definition) is 6. The van der Waals surface area contributed by atoms with E-state index in [0.717, 1.165) is 6.29 Å². The average Bonchev–Trinajstić information content (AvgIpc) is 2.42. The first kappa shape index (κ1) is 21.8. The Labute approximate surface area is 140 Å². The van der Waals surface area contributed by atoms with Crippen LogP contribution in [0.3, 0.4) is 0 Å². The van der Waals surface area contributed by atoms with Gasteiger partial charge in [-0.2, -0.15) is 0 Å². The van der Waals surface area contributed by atoms with E-state index >= 15 is 0 Å². The molecule has 10 heteroatoms. The highest BCUT2D eigenvalue weighted by molar-refractivity contribution is 5.94. The predicted molar refractivity (Wildman–Crippen MR) is 85.6 cm³/mol. The Bertz CT molecular complexity index is 455. The number of carbonyl (C=O) groups excluding carboxylic acids is 2. The van der Waals surface area contributed by atoms with Crippen molar-refractivity contribution in [3.63, 3.8) is 0 Å². The van der Waals surface area contributed by atoms with Crippen molar-refractivity contribution in [2.24, 2.45) is 11.8 Å². The monoisotopic (exact) mass is 346 g/mol. The normalized spacial score (nSPS) is 14.8. The van der Waals surface area contributed by atoms with Crippen LogP contribution in [0.1, 0.15) is 27.7 Å². The third kappa shape index (κ3) is 8.44. The predicted octanol–water partition coefficient (Wildman–Crippen LogP) is -0.198. The fourth-order valence-electron chi connectivity index (χ4n) is 1.97. The number of amides is 3. The summed E-state index contributed by atoms with van der Waals surface area (Å²) in [6.45, 7) is 7.07. The van der Waals surface area contributed by atoms with Crippen molar-refractivity contribution in [3.05, 3.63) is 0 Å². The van der Waals surface area contributed by atoms with Crippen molar-refractivity contribution < 1.29 is 29.4 Å². The zero-order valence-electron chi connectivity index (χ0n) is 14.2. The van der Waals surface area contributed by atoms with Crippen LogP contribution in [0.5, 0.6) is 0 Å². The van der Waals surface area contributed by atoms with E-state index in [2.05, 4.69) is 16.0 Å². The standard InChI is InChI=1S/C14H26N4O6/c1-7(2)9(6-19)15-5-10(17-13(21)22)16-11(8(3)4)12(20)18-14(23)24/h6-11,15-17H,5H2,1-4H3,(H,18,20)(H,21,22)(H,23,24)/t9?,10?,11-/m0/s1. The molecule has 3 atom stereocenters. The van der Waals surface area contributed by atoms with E-state index in [4.69, 9.17) is 10.2 Å². The summed E-state index contributed by atoms with van der Waals surface area (Å²) < 4.78 is 0. The summed E-state index contributed by atoms with van der Waals surface area (Å²) in [6.07, 6.45) is -2.98. The number of carboxylic acid groups (broad SMARTS) is 2. The zero-order valence-corrected chi connectivity index (χ0v) is 14.2. The summed E-state index contributed by atoms with van der Waals surface area (Å²) in [5, 5.41) is 27.1. The Morgan fingerprint density at radius 3 is 1.96 bits per heavy atom. The van der Waals surface area contributed by atoms with Crippen LogP contribution < -0.4 is 21.3 Å². The molecular formula is C14H26N4O6. The smallest absolute Gasteiger partial charge is 0.411 e. The fourth-order valence-corrected chi connectivity index (χ4v) is 1.97. The molecule has 6 N–H and O–H groups in total. The third-order valence-corrected chi connectivity index (χ3v) is 3.28. The number of imide groups is 1. The Morgan fingerprint density at radius 2 is 1.58 bits per heavy atom. The molecule has 10 nitrogen and oxygen atoms in total. The van der Waals surface area contributed by atoms with Crippen LogP contribution in [0, 0.1) is 11.8 Å². The molecular weight excluding hydrogens is 320 g/mol. The van der Waals surface area contributed by atoms with E-state index in [9.17, 15) is 19.2 Å². The van der Waals surface area contributed by atoms with E-state index in [-0.39, 0.29) is 18.4 Å². The maximum Gasteiger partial charge on any atom is 0.411 e. The van der Waals surface area contributed by atoms with Crippen molar-refractivity contribution in [1.82, 2.24) is 21.3 Å². The highest BCUT2D eigenvalue weighted by Crippen LogP contribution is 2.04. The van der Waals surface area contributed by atoms with Gasteiger partial charge in [0.1, 0.15) is 6.29 Å². The van der Waals surface area contributed by atoms with Gasteiger partial charge >= 0.3 is 12.2 Å². The van der Waals surface area contributed by atoms with Crippen molar-refractivity contribution in [2.45, 2.75) is 45.9 Å². The lowest BCUT2D eigenvalue weighted by molar-refractivity contribution is -0.123. The summed E-state index contributed by atoms with van der Waals surface area (Å²) in [4.78, 5) is 44.4. The van der Waals surface area contributed by atoms with Gasteiger partial charge < -0.3 is 25.6 Å². The molecule has 3 amide bonds. The molecule has 0 bridgehead atoms. The molecule has 0 aromatic rings. The van der Waals surface area contributed by atoms with Gasteiger partial charge in [-0.05, 0) is 11.8 Å². The van der Waals surface area contributed by atoms with E-state index in [1.54, 1.807) is 19.2 Å². The van der Waals surface area contributed by atoms with Crippen LogP contribution in [0.25, 0.3) is 0 Å². The fraction of sp³-hybridized carbons (Fsp3) is 0.714. The molecule has 0 heterocycles. The van der Waals surface area contributed by atoms with Crippen LogP contribution in [0.2, 0.25) is 0 Å². The molecule has 0 fully saturated rings. The van der Waals surface area contributed by atoms with E-state index < -0.39 is 36.3 Å². The van der Waals surface area contributed by atoms with Crippen molar-refractivity contribution in [1.29, 1.82) is 0 Å². The molecule has 0 spiro atoms. The van der Waals surface area contributed by atoms with Crippen LogP contribution in [-0.2, 0) is 9.59 Å². The number of hydrogen-bond acceptors (Lipinski definition) is 6. The SMILES string of the molecule is CC(C)C(C=O)NCC(NC(=O)O)N[C@H](C(=O)NC(=O)O)C(C)C. The average molecular weight is 346 g/mol. The van der Waals surface area contributed by atoms with Gasteiger partial charge in [-0.3, -0.25) is 15.4 Å². The Hall–Kier alpha value is -2.20. The molecule has 24 heavy (non-hydrogen) atoms. The van der Waals surface area contributed by atoms with Gasteiger partial charge in [-0.15, -0.1) is 0 Å². The summed E-state index contributed by atoms with van der Waals surface area (Å²) in [7, 11) is 0. The van der Waals surface area contributed by atoms with Crippen molar-refractivity contribution >= 4 is 24.4 Å². The lowest BCUT2D eigenvalue weighted by Gasteiger charge is -2.28. The molecule has 138 valence electrons. The Kier molecular flexibility index (Phi) is 9.58. The van der Waals surface area contributed by atoms with Crippen molar-refractivity contribution in [3.8, 4) is 0 Å². The maximum atomic E-state index is 11.9. The second-order valence-corrected chi connectivity index (χ2v) is 6.00. The minimum absolute atomic E-state index is 0.00387. The van der Waals surface area contributed by atoms with Crippen LogP contribution >= 0.6 is 0 Å². The molecule has 0 saturated heterocycles. The number of nitrogens with one attached hydrogen (secondary N) is 4. The summed E-state index contributed by atoms with van der Waals surface area (Å²) in [5.41, 5.74) is 0. The molecule has 2 unspecified atom stereocenters. The molecule has 0 aliphatic heterocycles. The third-order valence-electron chi connectivity index (χ3n) is 3.28. The topological polar surface area (TPSA) is 157 Å². The van der Waals surface area contributed by atoms with Crippen molar-refractivity contribution in [2.75, 3.05) is 6.54 Å². The molecule has 0 radical (unpaired) electrons. The second kappa shape index (κ2) is 10.6. The lowest BCUT2D eigenvalue weighted by Crippen LogP contribution is -2.60. The van der Waals surface area contributed by atoms with E-state index in [1.807, 2.05) is 13.8 Å². The molecule has 0 aliphatic rings. The van der Waals surface area contributed by atoms with Gasteiger partial charge in [0.15, 0.2) is 0 Å². The van der Waals surface area contributed by atoms with Gasteiger partial charge in [0, 0.05) is 6.54 Å². The summed E-state index contributed by atoms with van der Waals surface area (Å²) in [6, 6.07) is -1.41. The lowest BCUT2D eigenvalue weighted by atomic mass is 10.0. The van der Waals surface area contributed by atoms with Gasteiger partial charge in [-0.25, -0.2) is 9.59 Å². The van der Waals surface area contributed by atoms with Gasteiger partial charge in [0.2, 0.25) is 5.91 Å². The molecule has 0 aromatic heterocycles. The number of carbonyl (C=O) groups is 4. The first-order valence-electron chi connectivity index (χ1n) is 7.56. The maximum absolute atomic E-state index is 11.9. The van der Waals surface area contributed by atoms with Crippen LogP contribution in [-0.4, -0.2) is 59.4 Å². The summed E-state index contributed by atoms with van der Waals surface area (Å²) in [5.74, 6) is -1.08. The first-order valence-corrected chi connectivity index (χ1v) is 7.56. The van der Waals surface area contributed by atoms with Crippen LogP contribution in [0.15, 0.2) is 0 Å². The zero-order chi connectivity index (χ0) is 18.9. The van der Waals surface area contributed by atoms with E-state index in [1.165, 1.54) is 0 Å². The number of rotatable bonds is 10.